The van der Waals surface area contributed by atoms with Gasteiger partial charge in [0.15, 0.2) is 0 Å². The molecule has 0 aliphatic carbocycles. The number of anilines is 1. The fourth-order valence-electron chi connectivity index (χ4n) is 3.51. The molecule has 2 bridgehead atoms. The van der Waals surface area contributed by atoms with Crippen molar-refractivity contribution in [3.63, 3.8) is 0 Å². The van der Waals surface area contributed by atoms with E-state index in [1.165, 1.54) is 24.5 Å². The van der Waals surface area contributed by atoms with Crippen LogP contribution in [-0.2, 0) is 6.42 Å². The Morgan fingerprint density at radius 3 is 3.13 bits per heavy atom. The molecule has 0 saturated carbocycles. The monoisotopic (exact) mass is 332 g/mol. The van der Waals surface area contributed by atoms with E-state index < -0.39 is 5.82 Å². The van der Waals surface area contributed by atoms with E-state index in [-0.39, 0.29) is 23.8 Å². The van der Waals surface area contributed by atoms with Crippen molar-refractivity contribution in [2.75, 3.05) is 5.32 Å². The van der Waals surface area contributed by atoms with Crippen molar-refractivity contribution in [2.45, 2.75) is 31.3 Å². The molecule has 1 saturated heterocycles. The van der Waals surface area contributed by atoms with Crippen LogP contribution in [0.15, 0.2) is 30.7 Å². The third-order valence-electron chi connectivity index (χ3n) is 4.52. The molecule has 23 heavy (non-hydrogen) atoms. The third kappa shape index (κ3) is 2.43. The van der Waals surface area contributed by atoms with Gasteiger partial charge in [-0.25, -0.2) is 19.2 Å². The maximum absolute atomic E-state index is 13.8. The summed E-state index contributed by atoms with van der Waals surface area (Å²) in [7, 11) is 0. The normalized spacial score (nSPS) is 21.9. The van der Waals surface area contributed by atoms with Crippen LogP contribution < -0.4 is 5.32 Å². The number of carbonyl (C=O) groups excluding carboxylic acids is 1. The van der Waals surface area contributed by atoms with Gasteiger partial charge in [-0.2, -0.15) is 0 Å². The van der Waals surface area contributed by atoms with E-state index in [2.05, 4.69) is 15.3 Å². The summed E-state index contributed by atoms with van der Waals surface area (Å²) >= 11 is 5.87. The number of hydrogen-bond acceptors (Lipinski definition) is 3. The Labute approximate surface area is 137 Å². The lowest BCUT2D eigenvalue weighted by atomic mass is 10.00. The summed E-state index contributed by atoms with van der Waals surface area (Å²) in [6.07, 6.45) is 5.80. The topological polar surface area (TPSA) is 58.1 Å². The number of amides is 2. The van der Waals surface area contributed by atoms with Gasteiger partial charge in [0.25, 0.3) is 0 Å². The first-order chi connectivity index (χ1) is 11.1. The van der Waals surface area contributed by atoms with Gasteiger partial charge < -0.3 is 10.2 Å². The minimum atomic E-state index is -0.504. The highest BCUT2D eigenvalue weighted by Gasteiger charge is 2.43. The highest BCUT2D eigenvalue weighted by atomic mass is 35.5. The molecule has 3 heterocycles. The zero-order valence-electron chi connectivity index (χ0n) is 12.2. The van der Waals surface area contributed by atoms with Crippen LogP contribution in [0.25, 0.3) is 0 Å². The third-order valence-corrected chi connectivity index (χ3v) is 4.76. The van der Waals surface area contributed by atoms with E-state index in [9.17, 15) is 9.18 Å². The van der Waals surface area contributed by atoms with Crippen molar-refractivity contribution in [1.82, 2.24) is 14.9 Å². The van der Waals surface area contributed by atoms with E-state index in [0.29, 0.717) is 11.4 Å². The zero-order valence-corrected chi connectivity index (χ0v) is 12.9. The van der Waals surface area contributed by atoms with Crippen LogP contribution in [0.3, 0.4) is 0 Å². The SMILES string of the molecule is O=C(Nc1cc(Cl)ccc1F)N1[C@H]2CC[C@@H]1c1cncnc1C2. The van der Waals surface area contributed by atoms with Gasteiger partial charge in [-0.05, 0) is 31.0 Å². The Hall–Kier alpha value is -2.21. The average Bonchev–Trinajstić information content (AvgIpc) is 2.86. The van der Waals surface area contributed by atoms with Crippen molar-refractivity contribution >= 4 is 23.3 Å². The number of halogens is 2. The maximum atomic E-state index is 13.8. The fraction of sp³-hybridized carbons (Fsp3) is 0.312. The number of rotatable bonds is 1. The number of aromatic nitrogens is 2. The first-order valence-corrected chi connectivity index (χ1v) is 7.84. The molecular weight excluding hydrogens is 319 g/mol. The lowest BCUT2D eigenvalue weighted by molar-refractivity contribution is 0.178. The van der Waals surface area contributed by atoms with Gasteiger partial charge in [0, 0.05) is 29.2 Å². The summed E-state index contributed by atoms with van der Waals surface area (Å²) in [5, 5.41) is 3.02. The minimum Gasteiger partial charge on any atom is -0.314 e. The van der Waals surface area contributed by atoms with Crippen molar-refractivity contribution in [2.24, 2.45) is 0 Å². The molecule has 2 aliphatic heterocycles. The number of nitrogens with zero attached hydrogens (tertiary/aromatic N) is 3. The Morgan fingerprint density at radius 2 is 2.26 bits per heavy atom. The van der Waals surface area contributed by atoms with Gasteiger partial charge in [-0.1, -0.05) is 11.6 Å². The summed E-state index contributed by atoms with van der Waals surface area (Å²) < 4.78 is 13.8. The van der Waals surface area contributed by atoms with Crippen LogP contribution >= 0.6 is 11.6 Å². The molecule has 2 amide bonds. The van der Waals surface area contributed by atoms with Gasteiger partial charge in [0.1, 0.15) is 12.1 Å². The molecule has 7 heteroatoms. The molecule has 1 aromatic heterocycles. The number of carbonyl (C=O) groups is 1. The summed E-state index contributed by atoms with van der Waals surface area (Å²) in [5.41, 5.74) is 2.09. The van der Waals surface area contributed by atoms with E-state index in [0.717, 1.165) is 24.1 Å². The summed E-state index contributed by atoms with van der Waals surface area (Å²) in [4.78, 5) is 22.8. The van der Waals surface area contributed by atoms with Crippen molar-refractivity contribution in [3.05, 3.63) is 52.8 Å². The number of hydrogen-bond donors (Lipinski definition) is 1. The van der Waals surface area contributed by atoms with Crippen molar-refractivity contribution in [3.8, 4) is 0 Å². The van der Waals surface area contributed by atoms with Crippen LogP contribution in [-0.4, -0.2) is 26.9 Å². The molecule has 1 aromatic carbocycles. The Bertz CT molecular complexity index is 784. The van der Waals surface area contributed by atoms with E-state index >= 15 is 0 Å². The number of urea groups is 1. The predicted octanol–water partition coefficient (Wildman–Crippen LogP) is 3.56. The molecule has 118 valence electrons. The summed E-state index contributed by atoms with van der Waals surface area (Å²) in [5.74, 6) is -0.504. The van der Waals surface area contributed by atoms with Crippen LogP contribution in [0.5, 0.6) is 0 Å². The highest BCUT2D eigenvalue weighted by Crippen LogP contribution is 2.43. The fourth-order valence-corrected chi connectivity index (χ4v) is 3.68. The van der Waals surface area contributed by atoms with Gasteiger partial charge >= 0.3 is 6.03 Å². The molecule has 2 aliphatic rings. The summed E-state index contributed by atoms with van der Waals surface area (Å²) in [6, 6.07) is 3.83. The minimum absolute atomic E-state index is 0.0489. The van der Waals surface area contributed by atoms with Crippen LogP contribution in [0.1, 0.15) is 30.1 Å². The Kier molecular flexibility index (Phi) is 3.41. The number of fused-ring (bicyclic) bond motifs is 4. The van der Waals surface area contributed by atoms with E-state index in [4.69, 9.17) is 11.6 Å². The molecule has 0 unspecified atom stereocenters. The van der Waals surface area contributed by atoms with E-state index in [1.54, 1.807) is 11.1 Å². The molecule has 1 N–H and O–H groups in total. The van der Waals surface area contributed by atoms with Gasteiger partial charge in [0.05, 0.1) is 17.4 Å². The van der Waals surface area contributed by atoms with Gasteiger partial charge in [-0.15, -0.1) is 0 Å². The van der Waals surface area contributed by atoms with Crippen LogP contribution in [0.2, 0.25) is 5.02 Å². The first-order valence-electron chi connectivity index (χ1n) is 7.46. The molecule has 0 spiro atoms. The Balaban J connectivity index is 1.62. The van der Waals surface area contributed by atoms with Crippen molar-refractivity contribution < 1.29 is 9.18 Å². The second-order valence-corrected chi connectivity index (χ2v) is 6.27. The van der Waals surface area contributed by atoms with Crippen LogP contribution in [0.4, 0.5) is 14.9 Å². The molecule has 5 nitrogen and oxygen atoms in total. The molecule has 0 radical (unpaired) electrons. The Morgan fingerprint density at radius 1 is 1.39 bits per heavy atom. The van der Waals surface area contributed by atoms with Gasteiger partial charge in [-0.3, -0.25) is 0 Å². The molecule has 2 atom stereocenters. The second-order valence-electron chi connectivity index (χ2n) is 5.84. The molecule has 1 fully saturated rings. The number of benzene rings is 1. The number of nitrogens with one attached hydrogen (secondary N) is 1. The first kappa shape index (κ1) is 14.4. The van der Waals surface area contributed by atoms with Crippen molar-refractivity contribution in [1.29, 1.82) is 0 Å². The highest BCUT2D eigenvalue weighted by molar-refractivity contribution is 6.30. The second kappa shape index (κ2) is 5.45. The lowest BCUT2D eigenvalue weighted by Crippen LogP contribution is -2.44. The lowest BCUT2D eigenvalue weighted by Gasteiger charge is -2.35. The molecule has 2 aromatic rings. The van der Waals surface area contributed by atoms with Gasteiger partial charge in [0.2, 0.25) is 0 Å². The largest absolute Gasteiger partial charge is 0.322 e. The summed E-state index contributed by atoms with van der Waals surface area (Å²) in [6.45, 7) is 0. The van der Waals surface area contributed by atoms with Crippen LogP contribution in [0, 0.1) is 5.82 Å². The average molecular weight is 333 g/mol. The maximum Gasteiger partial charge on any atom is 0.322 e. The van der Waals surface area contributed by atoms with E-state index in [1.807, 2.05) is 0 Å². The smallest absolute Gasteiger partial charge is 0.314 e. The quantitative estimate of drug-likeness (QED) is 0.868. The predicted molar refractivity (Wildman–Crippen MR) is 83.8 cm³/mol. The standard InChI is InChI=1S/C16H14ClFN4O/c17-9-1-3-12(18)14(5-9)21-16(23)22-10-2-4-15(22)11-7-19-8-20-13(11)6-10/h1,3,5,7-8,10,15H,2,4,6H2,(H,21,23)/t10-,15+/m0/s1. The molecule has 4 rings (SSSR count). The zero-order chi connectivity index (χ0) is 16.0. The molecular formula is C16H14ClFN4O.